The van der Waals surface area contributed by atoms with Gasteiger partial charge in [0.25, 0.3) is 5.91 Å². The van der Waals surface area contributed by atoms with Crippen LogP contribution in [0.2, 0.25) is 0 Å². The summed E-state index contributed by atoms with van der Waals surface area (Å²) >= 11 is 0. The molecule has 0 saturated carbocycles. The Hall–Kier alpha value is -2.66. The summed E-state index contributed by atoms with van der Waals surface area (Å²) in [7, 11) is 1.61. The summed E-state index contributed by atoms with van der Waals surface area (Å²) in [5.74, 6) is 0.629. The number of fused-ring (bicyclic) bond motifs is 4. The molecule has 1 unspecified atom stereocenters. The highest BCUT2D eigenvalue weighted by Gasteiger charge is 2.38. The molecule has 4 aliphatic rings. The monoisotopic (exact) mass is 406 g/mol. The number of piperidine rings is 3. The zero-order valence-corrected chi connectivity index (χ0v) is 17.3. The van der Waals surface area contributed by atoms with Crippen LogP contribution in [0.3, 0.4) is 0 Å². The van der Waals surface area contributed by atoms with Crippen molar-refractivity contribution in [2.75, 3.05) is 33.3 Å². The minimum absolute atomic E-state index is 0.0509. The van der Waals surface area contributed by atoms with E-state index in [1.807, 2.05) is 17.0 Å². The van der Waals surface area contributed by atoms with Crippen LogP contribution in [0, 0.1) is 11.7 Å². The first-order chi connectivity index (χ1) is 14.7. The van der Waals surface area contributed by atoms with Gasteiger partial charge in [0.15, 0.2) is 5.76 Å². The molecule has 156 valence electrons. The number of halogens is 1. The normalized spacial score (nSPS) is 26.9. The fourth-order valence-electron chi connectivity index (χ4n) is 5.34. The van der Waals surface area contributed by atoms with Gasteiger partial charge in [-0.1, -0.05) is 36.4 Å². The van der Waals surface area contributed by atoms with Crippen molar-refractivity contribution in [3.8, 4) is 0 Å². The van der Waals surface area contributed by atoms with Gasteiger partial charge >= 0.3 is 0 Å². The van der Waals surface area contributed by atoms with Crippen LogP contribution in [0.1, 0.15) is 35.6 Å². The summed E-state index contributed by atoms with van der Waals surface area (Å²) in [6.07, 6.45) is 3.00. The van der Waals surface area contributed by atoms with Gasteiger partial charge in [0, 0.05) is 13.1 Å². The lowest BCUT2D eigenvalue weighted by atomic mass is 9.82. The molecular weight excluding hydrogens is 379 g/mol. The molecule has 2 aromatic rings. The third-order valence-electron chi connectivity index (χ3n) is 6.89. The first-order valence-electron chi connectivity index (χ1n) is 10.8. The summed E-state index contributed by atoms with van der Waals surface area (Å²) in [5, 5.41) is 0. The number of hydrogen-bond donors (Lipinski definition) is 0. The highest BCUT2D eigenvalue weighted by atomic mass is 19.1. The van der Waals surface area contributed by atoms with Gasteiger partial charge in [-0.2, -0.15) is 0 Å². The molecule has 30 heavy (non-hydrogen) atoms. The van der Waals surface area contributed by atoms with Gasteiger partial charge in [0.2, 0.25) is 0 Å². The Bertz CT molecular complexity index is 977. The van der Waals surface area contributed by atoms with E-state index in [0.717, 1.165) is 55.6 Å². The number of ether oxygens (including phenoxy) is 1. The Balaban J connectivity index is 1.56. The second-order valence-electron chi connectivity index (χ2n) is 8.51. The van der Waals surface area contributed by atoms with E-state index in [0.29, 0.717) is 18.2 Å². The molecular formula is C25H27FN2O2. The molecule has 0 aliphatic carbocycles. The molecule has 4 aliphatic heterocycles. The van der Waals surface area contributed by atoms with Crippen LogP contribution in [0.5, 0.6) is 0 Å². The summed E-state index contributed by atoms with van der Waals surface area (Å²) in [5.41, 5.74) is 4.42. The number of carbonyl (C=O) groups is 1. The molecule has 0 aromatic heterocycles. The molecule has 5 heteroatoms. The molecule has 3 fully saturated rings. The minimum Gasteiger partial charge on any atom is -0.491 e. The van der Waals surface area contributed by atoms with Crippen molar-refractivity contribution in [2.24, 2.45) is 5.92 Å². The molecule has 3 saturated heterocycles. The van der Waals surface area contributed by atoms with Gasteiger partial charge in [-0.05, 0) is 72.7 Å². The lowest BCUT2D eigenvalue weighted by molar-refractivity contribution is -0.132. The maximum Gasteiger partial charge on any atom is 0.289 e. The predicted octanol–water partition coefficient (Wildman–Crippen LogP) is 3.93. The van der Waals surface area contributed by atoms with E-state index in [2.05, 4.69) is 17.0 Å². The number of methoxy groups -OCH3 is 1. The molecule has 4 heterocycles. The van der Waals surface area contributed by atoms with Crippen molar-refractivity contribution in [3.63, 3.8) is 0 Å². The van der Waals surface area contributed by atoms with Gasteiger partial charge in [0.05, 0.1) is 13.2 Å². The molecule has 0 spiro atoms. The van der Waals surface area contributed by atoms with E-state index in [1.54, 1.807) is 19.2 Å². The third-order valence-corrected chi connectivity index (χ3v) is 6.89. The molecule has 0 N–H and O–H groups in total. The Morgan fingerprint density at radius 3 is 2.43 bits per heavy atom. The van der Waals surface area contributed by atoms with Crippen molar-refractivity contribution in [3.05, 3.63) is 82.4 Å². The van der Waals surface area contributed by atoms with Crippen LogP contribution in [-0.4, -0.2) is 49.0 Å². The van der Waals surface area contributed by atoms with Crippen molar-refractivity contribution in [1.82, 2.24) is 9.80 Å². The maximum atomic E-state index is 13.8. The summed E-state index contributed by atoms with van der Waals surface area (Å²) in [6, 6.07) is 14.5. The highest BCUT2D eigenvalue weighted by molar-refractivity contribution is 5.93. The van der Waals surface area contributed by atoms with E-state index < -0.39 is 0 Å². The Labute approximate surface area is 176 Å². The minimum atomic E-state index is -0.271. The molecule has 4 nitrogen and oxygen atoms in total. The number of nitrogens with zero attached hydrogens (tertiary/aromatic N) is 2. The SMILES string of the molecule is COC(C(=O)N1CCc2ccccc2C1c1ccc(F)cc1)=C1CN2CCC1CC2. The quantitative estimate of drug-likeness (QED) is 0.572. The first kappa shape index (κ1) is 19.3. The van der Waals surface area contributed by atoms with Gasteiger partial charge in [-0.3, -0.25) is 9.69 Å². The molecule has 0 radical (unpaired) electrons. The average Bonchev–Trinajstić information content (AvgIpc) is 2.80. The van der Waals surface area contributed by atoms with E-state index in [1.165, 1.54) is 17.7 Å². The van der Waals surface area contributed by atoms with Gasteiger partial charge < -0.3 is 9.64 Å². The summed E-state index contributed by atoms with van der Waals surface area (Å²) in [6.45, 7) is 3.65. The topological polar surface area (TPSA) is 32.8 Å². The lowest BCUT2D eigenvalue weighted by Gasteiger charge is -2.43. The fraction of sp³-hybridized carbons (Fsp3) is 0.400. The van der Waals surface area contributed by atoms with Crippen LogP contribution in [-0.2, 0) is 16.0 Å². The number of hydrogen-bond acceptors (Lipinski definition) is 3. The van der Waals surface area contributed by atoms with Crippen LogP contribution in [0.25, 0.3) is 0 Å². The van der Waals surface area contributed by atoms with Crippen molar-refractivity contribution in [2.45, 2.75) is 25.3 Å². The number of amides is 1. The van der Waals surface area contributed by atoms with Crippen molar-refractivity contribution in [1.29, 1.82) is 0 Å². The van der Waals surface area contributed by atoms with Crippen LogP contribution >= 0.6 is 0 Å². The van der Waals surface area contributed by atoms with E-state index in [9.17, 15) is 9.18 Å². The second kappa shape index (κ2) is 7.88. The molecule has 2 bridgehead atoms. The van der Waals surface area contributed by atoms with E-state index in [-0.39, 0.29) is 17.8 Å². The van der Waals surface area contributed by atoms with Crippen molar-refractivity contribution < 1.29 is 13.9 Å². The smallest absolute Gasteiger partial charge is 0.289 e. The maximum absolute atomic E-state index is 13.8. The Kier molecular flexibility index (Phi) is 5.07. The van der Waals surface area contributed by atoms with Crippen LogP contribution in [0.15, 0.2) is 59.9 Å². The standard InChI is InChI=1S/C25H27FN2O2/c1-30-24(22-16-27-13-10-18(22)11-14-27)25(29)28-15-12-17-4-2-3-5-21(17)23(28)19-6-8-20(26)9-7-19/h2-9,18,23H,10-16H2,1H3. The van der Waals surface area contributed by atoms with Gasteiger partial charge in [0.1, 0.15) is 5.82 Å². The number of benzene rings is 2. The lowest BCUT2D eigenvalue weighted by Crippen LogP contribution is -2.46. The third kappa shape index (κ3) is 3.31. The van der Waals surface area contributed by atoms with Gasteiger partial charge in [-0.25, -0.2) is 4.39 Å². The van der Waals surface area contributed by atoms with E-state index >= 15 is 0 Å². The molecule has 6 rings (SSSR count). The predicted molar refractivity (Wildman–Crippen MR) is 113 cm³/mol. The summed E-state index contributed by atoms with van der Waals surface area (Å²) < 4.78 is 19.4. The second-order valence-corrected chi connectivity index (χ2v) is 8.51. The number of carbonyl (C=O) groups excluding carboxylic acids is 1. The van der Waals surface area contributed by atoms with Gasteiger partial charge in [-0.15, -0.1) is 0 Å². The van der Waals surface area contributed by atoms with Crippen LogP contribution < -0.4 is 0 Å². The largest absolute Gasteiger partial charge is 0.491 e. The Morgan fingerprint density at radius 2 is 1.77 bits per heavy atom. The van der Waals surface area contributed by atoms with Crippen molar-refractivity contribution >= 4 is 5.91 Å². The highest BCUT2D eigenvalue weighted by Crippen LogP contribution is 2.39. The molecule has 2 aromatic carbocycles. The molecule has 1 amide bonds. The number of rotatable bonds is 3. The van der Waals surface area contributed by atoms with Crippen LogP contribution in [0.4, 0.5) is 4.39 Å². The zero-order chi connectivity index (χ0) is 20.7. The molecule has 1 atom stereocenters. The van der Waals surface area contributed by atoms with E-state index in [4.69, 9.17) is 4.74 Å². The average molecular weight is 407 g/mol. The Morgan fingerprint density at radius 1 is 1.03 bits per heavy atom. The summed E-state index contributed by atoms with van der Waals surface area (Å²) in [4.78, 5) is 18.1. The fourth-order valence-corrected chi connectivity index (χ4v) is 5.34. The zero-order valence-electron chi connectivity index (χ0n) is 17.3. The first-order valence-corrected chi connectivity index (χ1v) is 10.8.